The van der Waals surface area contributed by atoms with Gasteiger partial charge in [-0.15, -0.1) is 0 Å². The smallest absolute Gasteiger partial charge is 0.251 e. The maximum atomic E-state index is 12.1. The zero-order valence-corrected chi connectivity index (χ0v) is 13.1. The molecule has 4 atom stereocenters. The number of aromatic nitrogens is 1. The highest BCUT2D eigenvalue weighted by molar-refractivity contribution is 7.99. The van der Waals surface area contributed by atoms with E-state index in [9.17, 15) is 10.0 Å². The van der Waals surface area contributed by atoms with Gasteiger partial charge in [0, 0.05) is 18.2 Å². The fourth-order valence-electron chi connectivity index (χ4n) is 3.97. The minimum atomic E-state index is 0.0270. The third-order valence-electron chi connectivity index (χ3n) is 4.96. The van der Waals surface area contributed by atoms with Crippen LogP contribution < -0.4 is 10.0 Å². The van der Waals surface area contributed by atoms with E-state index in [1.807, 2.05) is 6.07 Å². The van der Waals surface area contributed by atoms with Crippen LogP contribution in [-0.2, 0) is 4.79 Å². The number of amides is 1. The minimum Gasteiger partial charge on any atom is -0.618 e. The Morgan fingerprint density at radius 1 is 1.48 bits per heavy atom. The van der Waals surface area contributed by atoms with Crippen LogP contribution in [-0.4, -0.2) is 17.7 Å². The molecule has 1 heterocycles. The summed E-state index contributed by atoms with van der Waals surface area (Å²) in [6.07, 6.45) is 6.82. The average Bonchev–Trinajstić information content (AvgIpc) is 3.09. The molecule has 2 saturated carbocycles. The highest BCUT2D eigenvalue weighted by Crippen LogP contribution is 2.49. The molecule has 1 aromatic rings. The molecule has 3 rings (SSSR count). The first kappa shape index (κ1) is 14.7. The molecule has 0 aromatic carbocycles. The first-order valence-electron chi connectivity index (χ1n) is 7.74. The van der Waals surface area contributed by atoms with E-state index in [-0.39, 0.29) is 11.9 Å². The van der Waals surface area contributed by atoms with Crippen LogP contribution >= 0.6 is 11.8 Å². The Hall–Kier alpha value is -1.23. The molecule has 2 bridgehead atoms. The largest absolute Gasteiger partial charge is 0.618 e. The monoisotopic (exact) mass is 306 g/mol. The zero-order valence-electron chi connectivity index (χ0n) is 12.3. The summed E-state index contributed by atoms with van der Waals surface area (Å²) in [6.45, 7) is 2.13. The fraction of sp³-hybridized carbons (Fsp3) is 0.625. The van der Waals surface area contributed by atoms with Gasteiger partial charge in [-0.2, -0.15) is 4.73 Å². The topological polar surface area (TPSA) is 56.0 Å². The summed E-state index contributed by atoms with van der Waals surface area (Å²) in [5.41, 5.74) is 0. The highest BCUT2D eigenvalue weighted by Gasteiger charge is 2.42. The molecule has 5 heteroatoms. The molecule has 114 valence electrons. The molecule has 0 aliphatic heterocycles. The third kappa shape index (κ3) is 3.34. The van der Waals surface area contributed by atoms with Crippen molar-refractivity contribution in [3.8, 4) is 0 Å². The van der Waals surface area contributed by atoms with Crippen molar-refractivity contribution in [3.05, 3.63) is 29.6 Å². The number of fused-ring (bicyclic) bond motifs is 2. The van der Waals surface area contributed by atoms with Gasteiger partial charge in [0.2, 0.25) is 5.91 Å². The van der Waals surface area contributed by atoms with E-state index in [1.54, 1.807) is 12.1 Å². The number of carbonyl (C=O) groups is 1. The van der Waals surface area contributed by atoms with Gasteiger partial charge in [-0.25, -0.2) is 0 Å². The normalized spacial score (nSPS) is 28.5. The van der Waals surface area contributed by atoms with Crippen LogP contribution in [0.25, 0.3) is 0 Å². The number of thioether (sulfide) groups is 1. The predicted octanol–water partition coefficient (Wildman–Crippen LogP) is 2.35. The second kappa shape index (κ2) is 6.26. The number of hydrogen-bond donors (Lipinski definition) is 1. The van der Waals surface area contributed by atoms with E-state index < -0.39 is 0 Å². The van der Waals surface area contributed by atoms with Crippen LogP contribution in [0.2, 0.25) is 0 Å². The number of nitrogens with zero attached hydrogens (tertiary/aromatic N) is 1. The Morgan fingerprint density at radius 3 is 3.00 bits per heavy atom. The van der Waals surface area contributed by atoms with Crippen LogP contribution in [0.1, 0.15) is 32.6 Å². The molecule has 1 N–H and O–H groups in total. The summed E-state index contributed by atoms with van der Waals surface area (Å²) in [7, 11) is 0. The van der Waals surface area contributed by atoms with Crippen molar-refractivity contribution in [1.29, 1.82) is 0 Å². The quantitative estimate of drug-likeness (QED) is 0.516. The molecular formula is C16H22N2O2S. The van der Waals surface area contributed by atoms with Crippen molar-refractivity contribution < 1.29 is 9.52 Å². The lowest BCUT2D eigenvalue weighted by molar-refractivity contribution is -0.645. The van der Waals surface area contributed by atoms with Gasteiger partial charge >= 0.3 is 0 Å². The summed E-state index contributed by atoms with van der Waals surface area (Å²) >= 11 is 1.29. The average molecular weight is 306 g/mol. The molecule has 21 heavy (non-hydrogen) atoms. The highest BCUT2D eigenvalue weighted by atomic mass is 32.2. The lowest BCUT2D eigenvalue weighted by Gasteiger charge is -2.28. The van der Waals surface area contributed by atoms with Crippen LogP contribution in [0.3, 0.4) is 0 Å². The number of rotatable bonds is 5. The van der Waals surface area contributed by atoms with Gasteiger partial charge in [0.05, 0.1) is 5.75 Å². The SMILES string of the molecule is C[C@H](NC(=O)CSc1cccc[n+]1[O-])[C@@H]1C[C@H]2CC[C@H]1C2. The summed E-state index contributed by atoms with van der Waals surface area (Å²) in [5.74, 6) is 2.70. The van der Waals surface area contributed by atoms with Crippen molar-refractivity contribution in [2.45, 2.75) is 43.7 Å². The van der Waals surface area contributed by atoms with Gasteiger partial charge < -0.3 is 10.5 Å². The Labute approximate surface area is 129 Å². The Bertz CT molecular complexity index is 523. The van der Waals surface area contributed by atoms with Crippen molar-refractivity contribution >= 4 is 17.7 Å². The summed E-state index contributed by atoms with van der Waals surface area (Å²) < 4.78 is 0.803. The molecule has 2 aliphatic carbocycles. The molecular weight excluding hydrogens is 284 g/mol. The Morgan fingerprint density at radius 2 is 2.33 bits per heavy atom. The number of hydrogen-bond acceptors (Lipinski definition) is 3. The van der Waals surface area contributed by atoms with Gasteiger partial charge in [0.25, 0.3) is 5.03 Å². The first-order chi connectivity index (χ1) is 10.1. The summed E-state index contributed by atoms with van der Waals surface area (Å²) in [5, 5.41) is 15.2. The van der Waals surface area contributed by atoms with E-state index in [0.29, 0.717) is 16.7 Å². The van der Waals surface area contributed by atoms with Crippen LogP contribution in [0.5, 0.6) is 0 Å². The molecule has 2 fully saturated rings. The van der Waals surface area contributed by atoms with Gasteiger partial charge in [0.15, 0.2) is 6.20 Å². The molecule has 0 spiro atoms. The van der Waals surface area contributed by atoms with E-state index in [4.69, 9.17) is 0 Å². The van der Waals surface area contributed by atoms with Crippen molar-refractivity contribution in [1.82, 2.24) is 5.32 Å². The van der Waals surface area contributed by atoms with E-state index >= 15 is 0 Å². The molecule has 0 radical (unpaired) electrons. The predicted molar refractivity (Wildman–Crippen MR) is 82.7 cm³/mol. The number of nitrogens with one attached hydrogen (secondary N) is 1. The molecule has 0 unspecified atom stereocenters. The van der Waals surface area contributed by atoms with Crippen LogP contribution in [0.15, 0.2) is 29.4 Å². The molecule has 2 aliphatic rings. The molecule has 1 aromatic heterocycles. The zero-order chi connectivity index (χ0) is 14.8. The second-order valence-corrected chi connectivity index (χ2v) is 7.34. The Kier molecular flexibility index (Phi) is 4.38. The van der Waals surface area contributed by atoms with Crippen LogP contribution in [0, 0.1) is 23.0 Å². The lowest BCUT2D eigenvalue weighted by Crippen LogP contribution is -2.41. The second-order valence-electron chi connectivity index (χ2n) is 6.35. The summed E-state index contributed by atoms with van der Waals surface area (Å²) in [4.78, 5) is 12.1. The van der Waals surface area contributed by atoms with Gasteiger partial charge in [0.1, 0.15) is 0 Å². The van der Waals surface area contributed by atoms with Gasteiger partial charge in [-0.1, -0.05) is 6.42 Å². The van der Waals surface area contributed by atoms with Crippen molar-refractivity contribution in [2.75, 3.05) is 5.75 Å². The maximum absolute atomic E-state index is 12.1. The van der Waals surface area contributed by atoms with E-state index in [0.717, 1.165) is 16.6 Å². The first-order valence-corrected chi connectivity index (χ1v) is 8.72. The van der Waals surface area contributed by atoms with E-state index in [1.165, 1.54) is 43.6 Å². The maximum Gasteiger partial charge on any atom is 0.251 e. The Balaban J connectivity index is 1.47. The minimum absolute atomic E-state index is 0.0270. The molecule has 0 saturated heterocycles. The lowest BCUT2D eigenvalue weighted by atomic mass is 9.84. The van der Waals surface area contributed by atoms with Crippen LogP contribution in [0.4, 0.5) is 0 Å². The van der Waals surface area contributed by atoms with Gasteiger partial charge in [-0.3, -0.25) is 4.79 Å². The number of carbonyl (C=O) groups excluding carboxylic acids is 1. The third-order valence-corrected chi connectivity index (χ3v) is 5.98. The molecule has 1 amide bonds. The van der Waals surface area contributed by atoms with Crippen molar-refractivity contribution in [3.63, 3.8) is 0 Å². The van der Waals surface area contributed by atoms with Gasteiger partial charge in [-0.05, 0) is 61.8 Å². The van der Waals surface area contributed by atoms with Crippen molar-refractivity contribution in [2.24, 2.45) is 17.8 Å². The fourth-order valence-corrected chi connectivity index (χ4v) is 4.70. The standard InChI is InChI=1S/C16H22N2O2S/c1-11(14-9-12-5-6-13(14)8-12)17-15(19)10-21-16-4-2-3-7-18(16)20/h2-4,7,11-14H,5-6,8-10H2,1H3,(H,17,19)/t11-,12-,13-,14-/m0/s1. The van der Waals surface area contributed by atoms with E-state index in [2.05, 4.69) is 12.2 Å². The number of pyridine rings is 1. The molecule has 4 nitrogen and oxygen atoms in total. The summed E-state index contributed by atoms with van der Waals surface area (Å²) in [6, 6.07) is 5.49.